The number of benzene rings is 1. The third-order valence-corrected chi connectivity index (χ3v) is 14.3. The molecule has 0 spiro atoms. The summed E-state index contributed by atoms with van der Waals surface area (Å²) in [5, 5.41) is 3.75. The maximum Gasteiger partial charge on any atom is 0.337 e. The average Bonchev–Trinajstić information content (AvgIpc) is 3.59. The van der Waals surface area contributed by atoms with Crippen molar-refractivity contribution in [3.8, 4) is 0 Å². The minimum absolute atomic E-state index is 0.0221. The monoisotopic (exact) mass is 586 g/mol. The Hall–Kier alpha value is -2.30. The van der Waals surface area contributed by atoms with Crippen molar-refractivity contribution < 1.29 is 14.3 Å². The molecule has 5 nitrogen and oxygen atoms in total. The molecule has 43 heavy (non-hydrogen) atoms. The summed E-state index contributed by atoms with van der Waals surface area (Å²) in [4.78, 5) is 27.7. The first-order valence-corrected chi connectivity index (χ1v) is 17.6. The van der Waals surface area contributed by atoms with E-state index < -0.39 is 0 Å². The molecule has 1 N–H and O–H groups in total. The second kappa shape index (κ2) is 10.9. The molecular weight excluding hydrogens is 532 g/mol. The summed E-state index contributed by atoms with van der Waals surface area (Å²) in [6.45, 7) is 10.7. The summed E-state index contributed by atoms with van der Waals surface area (Å²) in [6.07, 6.45) is 16.4. The highest BCUT2D eigenvalue weighted by Crippen LogP contribution is 2.67. The lowest BCUT2D eigenvalue weighted by molar-refractivity contribution is -0.114. The first-order chi connectivity index (χ1) is 20.7. The van der Waals surface area contributed by atoms with Crippen LogP contribution in [0.5, 0.6) is 0 Å². The number of esters is 1. The van der Waals surface area contributed by atoms with Gasteiger partial charge in [-0.05, 0) is 154 Å². The molecule has 5 aliphatic carbocycles. The number of hydrogen-bond donors (Lipinski definition) is 1. The summed E-state index contributed by atoms with van der Waals surface area (Å²) in [7, 11) is 1.44. The van der Waals surface area contributed by atoms with Crippen molar-refractivity contribution in [2.45, 2.75) is 110 Å². The summed E-state index contributed by atoms with van der Waals surface area (Å²) in [5.41, 5.74) is 3.73. The molecule has 11 atom stereocenters. The lowest BCUT2D eigenvalue weighted by atomic mass is 9.43. The van der Waals surface area contributed by atoms with Crippen LogP contribution in [0.2, 0.25) is 0 Å². The van der Waals surface area contributed by atoms with Crippen molar-refractivity contribution in [2.75, 3.05) is 13.7 Å². The molecule has 1 saturated heterocycles. The molecule has 234 valence electrons. The predicted octanol–water partition coefficient (Wildman–Crippen LogP) is 8.34. The summed E-state index contributed by atoms with van der Waals surface area (Å²) >= 11 is 0. The molecule has 2 amide bonds. The van der Waals surface area contributed by atoms with Crippen LogP contribution in [0.25, 0.3) is 5.57 Å². The van der Waals surface area contributed by atoms with Gasteiger partial charge in [-0.15, -0.1) is 0 Å². The van der Waals surface area contributed by atoms with Gasteiger partial charge in [-0.25, -0.2) is 9.59 Å². The molecule has 0 aromatic heterocycles. The Morgan fingerprint density at radius 1 is 0.884 bits per heavy atom. The molecule has 6 aliphatic rings. The van der Waals surface area contributed by atoms with Gasteiger partial charge in [0, 0.05) is 18.1 Å². The number of ether oxygens (including phenoxy) is 1. The Morgan fingerprint density at radius 3 is 2.33 bits per heavy atom. The molecular formula is C38H54N2O3. The fraction of sp³-hybridized carbons (Fsp3) is 0.737. The highest BCUT2D eigenvalue weighted by Gasteiger charge is 2.61. The Labute approximate surface area is 259 Å². The summed E-state index contributed by atoms with van der Waals surface area (Å²) in [5.74, 6) is 5.55. The maximum absolute atomic E-state index is 13.6. The van der Waals surface area contributed by atoms with E-state index in [2.05, 4.69) is 56.1 Å². The fourth-order valence-electron chi connectivity index (χ4n) is 12.3. The van der Waals surface area contributed by atoms with Crippen molar-refractivity contribution in [1.29, 1.82) is 0 Å². The van der Waals surface area contributed by atoms with E-state index in [0.717, 1.165) is 43.1 Å². The van der Waals surface area contributed by atoms with E-state index in [1.54, 1.807) is 0 Å². The second-order valence-corrected chi connectivity index (χ2v) is 15.9. The van der Waals surface area contributed by atoms with Gasteiger partial charge in [0.2, 0.25) is 0 Å². The standard InChI is InChI=1S/C38H54N2O3/c1-23-16-20-38(39-36(42)40-22-6-7-24(40)2)21-18-29-30-12-14-32-25(3)28(26-8-10-27(11-9-26)35(41)43-5)17-19-37(32,4)33(30)15-13-31(29)34(23)38/h8-11,17,23-25,29-34H,6-7,12-16,18-22H2,1-5H3,(H,39,42)/t23?,24-,25?,29?,30?,31?,32?,33?,34?,37?,38?/m1/s1. The van der Waals surface area contributed by atoms with Gasteiger partial charge in [-0.3, -0.25) is 0 Å². The van der Waals surface area contributed by atoms with E-state index in [0.29, 0.717) is 40.7 Å². The number of urea groups is 1. The van der Waals surface area contributed by atoms with Crippen molar-refractivity contribution in [3.63, 3.8) is 0 Å². The molecule has 0 radical (unpaired) electrons. The van der Waals surface area contributed by atoms with Crippen LogP contribution in [0.1, 0.15) is 114 Å². The smallest absolute Gasteiger partial charge is 0.337 e. The zero-order valence-corrected chi connectivity index (χ0v) is 27.2. The number of nitrogens with zero attached hydrogens (tertiary/aromatic N) is 1. The molecule has 7 rings (SSSR count). The van der Waals surface area contributed by atoms with Gasteiger partial charge < -0.3 is 15.0 Å². The van der Waals surface area contributed by atoms with E-state index in [-0.39, 0.29) is 17.5 Å². The second-order valence-electron chi connectivity index (χ2n) is 15.9. The third-order valence-electron chi connectivity index (χ3n) is 14.3. The van der Waals surface area contributed by atoms with Gasteiger partial charge in [-0.2, -0.15) is 0 Å². The van der Waals surface area contributed by atoms with Crippen molar-refractivity contribution in [3.05, 3.63) is 41.5 Å². The van der Waals surface area contributed by atoms with E-state index >= 15 is 0 Å². The first kappa shape index (κ1) is 29.4. The van der Waals surface area contributed by atoms with Gasteiger partial charge >= 0.3 is 12.0 Å². The molecule has 5 heteroatoms. The topological polar surface area (TPSA) is 58.6 Å². The number of nitrogens with one attached hydrogen (secondary N) is 1. The Bertz CT molecular complexity index is 1270. The molecule has 1 heterocycles. The first-order valence-electron chi connectivity index (χ1n) is 17.6. The molecule has 4 saturated carbocycles. The number of carbonyl (C=O) groups is 2. The van der Waals surface area contributed by atoms with Crippen LogP contribution in [0, 0.1) is 52.8 Å². The van der Waals surface area contributed by atoms with Crippen molar-refractivity contribution >= 4 is 17.6 Å². The van der Waals surface area contributed by atoms with Crippen LogP contribution in [-0.2, 0) is 4.74 Å². The third kappa shape index (κ3) is 4.60. The molecule has 5 fully saturated rings. The van der Waals surface area contributed by atoms with Gasteiger partial charge in [0.1, 0.15) is 0 Å². The van der Waals surface area contributed by atoms with Crippen LogP contribution in [0.3, 0.4) is 0 Å². The molecule has 1 aliphatic heterocycles. The number of fused-ring (bicyclic) bond motifs is 7. The van der Waals surface area contributed by atoms with Crippen LogP contribution < -0.4 is 5.32 Å². The number of likely N-dealkylation sites (tertiary alicyclic amines) is 1. The number of hydrogen-bond acceptors (Lipinski definition) is 3. The van der Waals surface area contributed by atoms with Crippen LogP contribution in [0.15, 0.2) is 30.3 Å². The minimum atomic E-state index is -0.269. The lowest BCUT2D eigenvalue weighted by Gasteiger charge is -2.63. The quantitative estimate of drug-likeness (QED) is 0.362. The van der Waals surface area contributed by atoms with Crippen molar-refractivity contribution in [1.82, 2.24) is 10.2 Å². The number of carbonyl (C=O) groups excluding carboxylic acids is 2. The SMILES string of the molecule is COC(=O)c1ccc(C2=CCC3(C)C(CCC4C5CCC6(NC(=O)N7CCC[C@H]7C)CCC(C)C6C5CCC43)C2C)cc1. The zero-order chi connectivity index (χ0) is 30.1. The summed E-state index contributed by atoms with van der Waals surface area (Å²) < 4.78 is 4.92. The van der Waals surface area contributed by atoms with E-state index in [1.807, 2.05) is 12.1 Å². The lowest BCUT2D eigenvalue weighted by Crippen LogP contribution is -2.63. The Balaban J connectivity index is 1.10. The molecule has 1 aromatic carbocycles. The van der Waals surface area contributed by atoms with Crippen LogP contribution in [-0.4, -0.2) is 42.1 Å². The van der Waals surface area contributed by atoms with Crippen LogP contribution in [0.4, 0.5) is 4.79 Å². The van der Waals surface area contributed by atoms with Crippen LogP contribution >= 0.6 is 0 Å². The molecule has 1 aromatic rings. The predicted molar refractivity (Wildman–Crippen MR) is 171 cm³/mol. The average molecular weight is 587 g/mol. The number of allylic oxidation sites excluding steroid dienone is 2. The van der Waals surface area contributed by atoms with E-state index in [4.69, 9.17) is 4.74 Å². The minimum Gasteiger partial charge on any atom is -0.465 e. The number of amides is 2. The van der Waals surface area contributed by atoms with Gasteiger partial charge in [0.05, 0.1) is 12.7 Å². The fourth-order valence-corrected chi connectivity index (χ4v) is 12.3. The number of methoxy groups -OCH3 is 1. The normalized spacial score (nSPS) is 43.5. The van der Waals surface area contributed by atoms with Gasteiger partial charge in [0.25, 0.3) is 0 Å². The Kier molecular flexibility index (Phi) is 7.49. The zero-order valence-electron chi connectivity index (χ0n) is 27.2. The maximum atomic E-state index is 13.6. The molecule has 0 bridgehead atoms. The van der Waals surface area contributed by atoms with Gasteiger partial charge in [-0.1, -0.05) is 39.0 Å². The Morgan fingerprint density at radius 2 is 1.60 bits per heavy atom. The van der Waals surface area contributed by atoms with E-state index in [1.165, 1.54) is 76.0 Å². The molecule has 10 unspecified atom stereocenters. The van der Waals surface area contributed by atoms with Crippen molar-refractivity contribution in [2.24, 2.45) is 52.8 Å². The highest BCUT2D eigenvalue weighted by atomic mass is 16.5. The largest absolute Gasteiger partial charge is 0.465 e. The van der Waals surface area contributed by atoms with Gasteiger partial charge in [0.15, 0.2) is 0 Å². The highest BCUT2D eigenvalue weighted by molar-refractivity contribution is 5.89. The van der Waals surface area contributed by atoms with E-state index in [9.17, 15) is 9.59 Å². The number of rotatable bonds is 3. The summed E-state index contributed by atoms with van der Waals surface area (Å²) in [6, 6.07) is 8.68.